The van der Waals surface area contributed by atoms with Crippen molar-refractivity contribution in [1.82, 2.24) is 9.97 Å². The summed E-state index contributed by atoms with van der Waals surface area (Å²) in [4.78, 5) is 16.6. The molecule has 0 N–H and O–H groups in total. The molecule has 0 spiro atoms. The maximum Gasteiger partial charge on any atom is 0.130 e. The van der Waals surface area contributed by atoms with Gasteiger partial charge in [-0.15, -0.1) is 0 Å². The zero-order chi connectivity index (χ0) is 16.8. The Morgan fingerprint density at radius 1 is 1.28 bits per heavy atom. The molecule has 1 atom stereocenters. The van der Waals surface area contributed by atoms with Gasteiger partial charge in [-0.05, 0) is 49.5 Å². The van der Waals surface area contributed by atoms with Crippen LogP contribution in [0.3, 0.4) is 0 Å². The predicted octanol–water partition coefficient (Wildman–Crippen LogP) is 3.09. The van der Waals surface area contributed by atoms with Crippen molar-refractivity contribution >= 4 is 22.4 Å². The molecule has 0 amide bonds. The summed E-state index contributed by atoms with van der Waals surface area (Å²) in [6, 6.07) is 4.76. The third kappa shape index (κ3) is 2.63. The van der Waals surface area contributed by atoms with Gasteiger partial charge < -0.3 is 9.64 Å². The van der Waals surface area contributed by atoms with Crippen molar-refractivity contribution < 1.29 is 4.74 Å². The number of fused-ring (bicyclic) bond motifs is 1. The predicted molar refractivity (Wildman–Crippen MR) is 99.7 cm³/mol. The Bertz CT molecular complexity index is 885. The molecular weight excluding hydrogens is 312 g/mol. The maximum atomic E-state index is 5.61. The van der Waals surface area contributed by atoms with Gasteiger partial charge in [0.25, 0.3) is 0 Å². The molecule has 5 rings (SSSR count). The molecule has 0 radical (unpaired) electrons. The number of ether oxygens (including phenoxy) is 1. The lowest BCUT2D eigenvalue weighted by Crippen LogP contribution is -2.44. The van der Waals surface area contributed by atoms with E-state index in [-0.39, 0.29) is 0 Å². The van der Waals surface area contributed by atoms with Crippen molar-refractivity contribution in [3.05, 3.63) is 41.7 Å². The van der Waals surface area contributed by atoms with E-state index in [1.165, 1.54) is 23.8 Å². The van der Waals surface area contributed by atoms with Gasteiger partial charge in [-0.1, -0.05) is 6.08 Å². The number of hydrogen-bond acceptors (Lipinski definition) is 5. The molecule has 0 unspecified atom stereocenters. The van der Waals surface area contributed by atoms with Crippen molar-refractivity contribution in [2.24, 2.45) is 4.99 Å². The number of allylic oxidation sites excluding steroid dienone is 1. The van der Waals surface area contributed by atoms with Crippen molar-refractivity contribution in [1.29, 1.82) is 0 Å². The third-order valence-electron chi connectivity index (χ3n) is 5.31. The highest BCUT2D eigenvalue weighted by molar-refractivity contribution is 6.15. The summed E-state index contributed by atoms with van der Waals surface area (Å²) in [5, 5.41) is 1.24. The van der Waals surface area contributed by atoms with E-state index >= 15 is 0 Å². The van der Waals surface area contributed by atoms with Crippen LogP contribution in [0.5, 0.6) is 0 Å². The molecule has 1 saturated heterocycles. The monoisotopic (exact) mass is 334 g/mol. The largest absolute Gasteiger partial charge is 0.377 e. The van der Waals surface area contributed by atoms with Gasteiger partial charge in [0.2, 0.25) is 0 Å². The summed E-state index contributed by atoms with van der Waals surface area (Å²) in [5.74, 6) is 1.72. The van der Waals surface area contributed by atoms with E-state index in [1.807, 2.05) is 6.20 Å². The van der Waals surface area contributed by atoms with Gasteiger partial charge in [0.05, 0.1) is 31.5 Å². The summed E-state index contributed by atoms with van der Waals surface area (Å²) < 4.78 is 5.61. The van der Waals surface area contributed by atoms with Gasteiger partial charge in [0.15, 0.2) is 0 Å². The Morgan fingerprint density at radius 3 is 2.96 bits per heavy atom. The molecule has 2 fully saturated rings. The SMILES string of the molecule is C[C@@H]1COCCN1c1cc(C2CC2)c2ccnc(C3=NCC=C3)c2n1. The van der Waals surface area contributed by atoms with E-state index in [2.05, 4.69) is 46.1 Å². The Balaban J connectivity index is 1.71. The molecule has 0 bridgehead atoms. The molecule has 2 aliphatic heterocycles. The van der Waals surface area contributed by atoms with Crippen LogP contribution >= 0.6 is 0 Å². The molecule has 1 saturated carbocycles. The van der Waals surface area contributed by atoms with E-state index < -0.39 is 0 Å². The normalized spacial score (nSPS) is 23.3. The number of pyridine rings is 2. The lowest BCUT2D eigenvalue weighted by atomic mass is 10.0. The van der Waals surface area contributed by atoms with Gasteiger partial charge in [0, 0.05) is 18.1 Å². The lowest BCUT2D eigenvalue weighted by Gasteiger charge is -2.34. The average Bonchev–Trinajstić information content (AvgIpc) is 3.35. The van der Waals surface area contributed by atoms with Gasteiger partial charge >= 0.3 is 0 Å². The van der Waals surface area contributed by atoms with Crippen molar-refractivity contribution in [3.8, 4) is 0 Å². The molecule has 5 nitrogen and oxygen atoms in total. The molecule has 2 aromatic heterocycles. The van der Waals surface area contributed by atoms with Gasteiger partial charge in [-0.25, -0.2) is 4.98 Å². The molecule has 25 heavy (non-hydrogen) atoms. The van der Waals surface area contributed by atoms with Crippen LogP contribution in [0, 0.1) is 0 Å². The number of morpholine rings is 1. The summed E-state index contributed by atoms with van der Waals surface area (Å²) in [7, 11) is 0. The Kier molecular flexibility index (Phi) is 3.55. The maximum absolute atomic E-state index is 5.61. The first kappa shape index (κ1) is 15.0. The fourth-order valence-corrected chi connectivity index (χ4v) is 3.82. The van der Waals surface area contributed by atoms with E-state index in [0.29, 0.717) is 12.0 Å². The molecule has 2 aromatic rings. The zero-order valence-corrected chi connectivity index (χ0v) is 14.5. The second kappa shape index (κ2) is 5.92. The number of hydrogen-bond donors (Lipinski definition) is 0. The van der Waals surface area contributed by atoms with Crippen molar-refractivity contribution in [2.75, 3.05) is 31.2 Å². The standard InChI is InChI=1S/C20H22N4O/c1-13-12-25-10-9-24(13)18-11-16(14-4-5-14)15-6-8-22-20(19(15)23-18)17-3-2-7-21-17/h2-3,6,8,11,13-14H,4-5,7,9-10,12H2,1H3/t13-/m1/s1. The fourth-order valence-electron chi connectivity index (χ4n) is 3.82. The van der Waals surface area contributed by atoms with E-state index in [0.717, 1.165) is 49.0 Å². The second-order valence-electron chi connectivity index (χ2n) is 7.15. The smallest absolute Gasteiger partial charge is 0.130 e. The number of nitrogens with zero attached hydrogens (tertiary/aromatic N) is 4. The zero-order valence-electron chi connectivity index (χ0n) is 14.5. The van der Waals surface area contributed by atoms with E-state index in [9.17, 15) is 0 Å². The minimum atomic E-state index is 0.342. The molecule has 5 heteroatoms. The van der Waals surface area contributed by atoms with Gasteiger partial charge in [-0.2, -0.15) is 0 Å². The van der Waals surface area contributed by atoms with E-state index in [4.69, 9.17) is 9.72 Å². The molecule has 3 aliphatic rings. The van der Waals surface area contributed by atoms with Crippen LogP contribution in [-0.2, 0) is 4.74 Å². The summed E-state index contributed by atoms with van der Waals surface area (Å²) in [6.07, 6.45) is 8.58. The van der Waals surface area contributed by atoms with Crippen LogP contribution in [0.15, 0.2) is 35.5 Å². The Morgan fingerprint density at radius 2 is 2.20 bits per heavy atom. The first-order chi connectivity index (χ1) is 12.3. The highest BCUT2D eigenvalue weighted by atomic mass is 16.5. The van der Waals surface area contributed by atoms with Gasteiger partial charge in [0.1, 0.15) is 17.0 Å². The summed E-state index contributed by atoms with van der Waals surface area (Å²) in [6.45, 7) is 5.35. The minimum absolute atomic E-state index is 0.342. The van der Waals surface area contributed by atoms with Crippen molar-refractivity contribution in [3.63, 3.8) is 0 Å². The van der Waals surface area contributed by atoms with Crippen LogP contribution in [0.2, 0.25) is 0 Å². The number of rotatable bonds is 3. The highest BCUT2D eigenvalue weighted by Crippen LogP contribution is 2.44. The van der Waals surface area contributed by atoms with Crippen LogP contribution < -0.4 is 4.90 Å². The molecule has 1 aliphatic carbocycles. The lowest BCUT2D eigenvalue weighted by molar-refractivity contribution is 0.0985. The fraction of sp³-hybridized carbons (Fsp3) is 0.450. The van der Waals surface area contributed by atoms with Crippen LogP contribution in [0.1, 0.15) is 36.9 Å². The summed E-state index contributed by atoms with van der Waals surface area (Å²) in [5.41, 5.74) is 4.28. The second-order valence-corrected chi connectivity index (χ2v) is 7.15. The first-order valence-corrected chi connectivity index (χ1v) is 9.16. The van der Waals surface area contributed by atoms with E-state index in [1.54, 1.807) is 0 Å². The highest BCUT2D eigenvalue weighted by Gasteiger charge is 2.29. The Hall–Kier alpha value is -2.27. The quantitative estimate of drug-likeness (QED) is 0.865. The topological polar surface area (TPSA) is 50.6 Å². The van der Waals surface area contributed by atoms with Crippen LogP contribution in [-0.4, -0.2) is 48.0 Å². The minimum Gasteiger partial charge on any atom is -0.377 e. The average molecular weight is 334 g/mol. The molecular formula is C20H22N4O. The summed E-state index contributed by atoms with van der Waals surface area (Å²) >= 11 is 0. The third-order valence-corrected chi connectivity index (χ3v) is 5.31. The number of aliphatic imine (C=N–C) groups is 1. The molecule has 4 heterocycles. The molecule has 128 valence electrons. The van der Waals surface area contributed by atoms with Crippen molar-refractivity contribution in [2.45, 2.75) is 31.7 Å². The first-order valence-electron chi connectivity index (χ1n) is 9.16. The number of anilines is 1. The molecule has 0 aromatic carbocycles. The Labute approximate surface area is 147 Å². The van der Waals surface area contributed by atoms with Gasteiger partial charge in [-0.3, -0.25) is 9.98 Å². The number of aromatic nitrogens is 2. The van der Waals surface area contributed by atoms with Crippen LogP contribution in [0.4, 0.5) is 5.82 Å². The van der Waals surface area contributed by atoms with Crippen LogP contribution in [0.25, 0.3) is 10.9 Å².